The Balaban J connectivity index is 1.40. The molecule has 23 heavy (non-hydrogen) atoms. The number of nitrogens with zero attached hydrogens (tertiary/aromatic N) is 3. The molecule has 1 aliphatic heterocycles. The second-order valence-electron chi connectivity index (χ2n) is 6.68. The van der Waals surface area contributed by atoms with Crippen LogP contribution in [0.15, 0.2) is 12.4 Å². The van der Waals surface area contributed by atoms with E-state index < -0.39 is 0 Å². The number of rotatable bonds is 6. The number of piperidine rings is 1. The van der Waals surface area contributed by atoms with Crippen molar-refractivity contribution in [2.45, 2.75) is 45.3 Å². The van der Waals surface area contributed by atoms with E-state index in [0.717, 1.165) is 38.3 Å². The summed E-state index contributed by atoms with van der Waals surface area (Å²) in [5.41, 5.74) is 0. The highest BCUT2D eigenvalue weighted by Gasteiger charge is 2.43. The summed E-state index contributed by atoms with van der Waals surface area (Å²) >= 11 is 0. The molecule has 2 unspecified atom stereocenters. The first-order chi connectivity index (χ1) is 11.2. The quantitative estimate of drug-likeness (QED) is 0.815. The molecule has 6 heteroatoms. The van der Waals surface area contributed by atoms with Gasteiger partial charge in [0, 0.05) is 63.9 Å². The third-order valence-corrected chi connectivity index (χ3v) is 5.28. The first-order valence-corrected chi connectivity index (χ1v) is 8.78. The van der Waals surface area contributed by atoms with Gasteiger partial charge in [-0.2, -0.15) is 0 Å². The molecular weight excluding hydrogens is 292 g/mol. The third-order valence-electron chi connectivity index (χ3n) is 5.28. The van der Waals surface area contributed by atoms with E-state index in [1.807, 2.05) is 17.3 Å². The lowest BCUT2D eigenvalue weighted by Crippen LogP contribution is -2.51. The number of aromatic nitrogens is 2. The highest BCUT2D eigenvalue weighted by atomic mass is 16.5. The maximum absolute atomic E-state index is 12.4. The number of likely N-dealkylation sites (tertiary alicyclic amines) is 1. The van der Waals surface area contributed by atoms with Gasteiger partial charge in [-0.3, -0.25) is 0 Å². The number of methoxy groups -OCH3 is 1. The number of hydrogen-bond acceptors (Lipinski definition) is 3. The van der Waals surface area contributed by atoms with Gasteiger partial charge in [0.05, 0.1) is 6.10 Å². The molecule has 1 aromatic rings. The zero-order valence-electron chi connectivity index (χ0n) is 14.2. The molecule has 2 bridgehead atoms. The fourth-order valence-electron chi connectivity index (χ4n) is 4.14. The second-order valence-corrected chi connectivity index (χ2v) is 6.68. The van der Waals surface area contributed by atoms with Crippen molar-refractivity contribution >= 4 is 6.03 Å². The summed E-state index contributed by atoms with van der Waals surface area (Å²) < 4.78 is 7.76. The standard InChI is InChI=1S/C17H28N4O2/c1-3-15-18-8-10-20(15)9-4-7-19-17(22)21-11-13-5-6-14(12-21)16(13)23-2/h8,10,13-14,16H,3-7,9,11-12H2,1-2H3,(H,19,22). The van der Waals surface area contributed by atoms with Gasteiger partial charge in [0.15, 0.2) is 0 Å². The molecule has 0 aromatic carbocycles. The van der Waals surface area contributed by atoms with Gasteiger partial charge < -0.3 is 19.5 Å². The minimum Gasteiger partial charge on any atom is -0.381 e. The van der Waals surface area contributed by atoms with E-state index >= 15 is 0 Å². The zero-order valence-corrected chi connectivity index (χ0v) is 14.2. The number of hydrogen-bond donors (Lipinski definition) is 1. The number of aryl methyl sites for hydroxylation is 2. The van der Waals surface area contributed by atoms with Crippen LogP contribution in [0, 0.1) is 11.8 Å². The van der Waals surface area contributed by atoms with Crippen LogP contribution in [0.3, 0.4) is 0 Å². The molecule has 1 saturated heterocycles. The monoisotopic (exact) mass is 320 g/mol. The van der Waals surface area contributed by atoms with E-state index in [0.29, 0.717) is 24.5 Å². The van der Waals surface area contributed by atoms with Crippen LogP contribution in [0.1, 0.15) is 32.0 Å². The lowest BCUT2D eigenvalue weighted by molar-refractivity contribution is -0.00504. The van der Waals surface area contributed by atoms with Crippen molar-refractivity contribution in [3.05, 3.63) is 18.2 Å². The lowest BCUT2D eigenvalue weighted by atomic mass is 9.95. The summed E-state index contributed by atoms with van der Waals surface area (Å²) in [6.07, 6.45) is 8.45. The van der Waals surface area contributed by atoms with E-state index in [2.05, 4.69) is 21.8 Å². The van der Waals surface area contributed by atoms with E-state index in [4.69, 9.17) is 4.74 Å². The zero-order chi connectivity index (χ0) is 16.2. The average molecular weight is 320 g/mol. The van der Waals surface area contributed by atoms with Gasteiger partial charge in [0.2, 0.25) is 0 Å². The molecule has 2 amide bonds. The van der Waals surface area contributed by atoms with Crippen LogP contribution in [0.2, 0.25) is 0 Å². The molecule has 2 heterocycles. The third kappa shape index (κ3) is 3.52. The van der Waals surface area contributed by atoms with Crippen molar-refractivity contribution in [2.24, 2.45) is 11.8 Å². The largest absolute Gasteiger partial charge is 0.381 e. The molecule has 2 atom stereocenters. The maximum atomic E-state index is 12.4. The van der Waals surface area contributed by atoms with E-state index in [-0.39, 0.29) is 6.03 Å². The molecule has 1 saturated carbocycles. The normalized spacial score (nSPS) is 26.5. The Hall–Kier alpha value is -1.56. The van der Waals surface area contributed by atoms with Crippen molar-refractivity contribution < 1.29 is 9.53 Å². The molecule has 1 N–H and O–H groups in total. The molecule has 1 aliphatic carbocycles. The van der Waals surface area contributed by atoms with Gasteiger partial charge in [-0.05, 0) is 19.3 Å². The van der Waals surface area contributed by atoms with Gasteiger partial charge in [-0.15, -0.1) is 0 Å². The number of fused-ring (bicyclic) bond motifs is 2. The molecular formula is C17H28N4O2. The van der Waals surface area contributed by atoms with Crippen molar-refractivity contribution in [1.29, 1.82) is 0 Å². The highest BCUT2D eigenvalue weighted by molar-refractivity contribution is 5.74. The summed E-state index contributed by atoms with van der Waals surface area (Å²) in [6.45, 7) is 5.39. The number of nitrogens with one attached hydrogen (secondary N) is 1. The first kappa shape index (κ1) is 16.3. The fourth-order valence-corrected chi connectivity index (χ4v) is 4.14. The molecule has 6 nitrogen and oxygen atoms in total. The molecule has 0 spiro atoms. The van der Waals surface area contributed by atoms with Crippen molar-refractivity contribution in [1.82, 2.24) is 19.8 Å². The highest BCUT2D eigenvalue weighted by Crippen LogP contribution is 2.38. The van der Waals surface area contributed by atoms with E-state index in [1.54, 1.807) is 7.11 Å². The summed E-state index contributed by atoms with van der Waals surface area (Å²) in [7, 11) is 1.80. The molecule has 1 aromatic heterocycles. The Bertz CT molecular complexity index is 516. The van der Waals surface area contributed by atoms with Crippen LogP contribution < -0.4 is 5.32 Å². The predicted octanol–water partition coefficient (Wildman–Crippen LogP) is 1.90. The minimum atomic E-state index is 0.0813. The number of amides is 2. The van der Waals surface area contributed by atoms with E-state index in [1.165, 1.54) is 12.8 Å². The van der Waals surface area contributed by atoms with Crippen molar-refractivity contribution in [3.63, 3.8) is 0 Å². The molecule has 0 radical (unpaired) electrons. The van der Waals surface area contributed by atoms with Gasteiger partial charge >= 0.3 is 6.03 Å². The molecule has 2 aliphatic rings. The maximum Gasteiger partial charge on any atom is 0.317 e. The number of imidazole rings is 1. The van der Waals surface area contributed by atoms with Crippen LogP contribution in [0.5, 0.6) is 0 Å². The van der Waals surface area contributed by atoms with Gasteiger partial charge in [0.1, 0.15) is 5.82 Å². The van der Waals surface area contributed by atoms with E-state index in [9.17, 15) is 4.79 Å². The average Bonchev–Trinajstić information content (AvgIpc) is 3.12. The first-order valence-electron chi connectivity index (χ1n) is 8.78. The van der Waals surface area contributed by atoms with Gasteiger partial charge in [-0.1, -0.05) is 6.92 Å². The summed E-state index contributed by atoms with van der Waals surface area (Å²) in [5.74, 6) is 2.14. The Morgan fingerprint density at radius 1 is 1.39 bits per heavy atom. The predicted molar refractivity (Wildman–Crippen MR) is 88.2 cm³/mol. The number of ether oxygens (including phenoxy) is 1. The lowest BCUT2D eigenvalue weighted by Gasteiger charge is -2.37. The Labute approximate surface area is 138 Å². The summed E-state index contributed by atoms with van der Waals surface area (Å²) in [5, 5.41) is 3.07. The van der Waals surface area contributed by atoms with Crippen LogP contribution in [0.4, 0.5) is 4.79 Å². The number of urea groups is 1. The summed E-state index contributed by atoms with van der Waals surface area (Å²) in [6, 6.07) is 0.0813. The molecule has 3 rings (SSSR count). The van der Waals surface area contributed by atoms with Crippen molar-refractivity contribution in [3.8, 4) is 0 Å². The topological polar surface area (TPSA) is 59.4 Å². The Kier molecular flexibility index (Phi) is 5.20. The Morgan fingerprint density at radius 3 is 2.78 bits per heavy atom. The van der Waals surface area contributed by atoms with Crippen LogP contribution >= 0.6 is 0 Å². The number of carbonyl (C=O) groups excluding carboxylic acids is 1. The molecule has 128 valence electrons. The fraction of sp³-hybridized carbons (Fsp3) is 0.765. The van der Waals surface area contributed by atoms with Gasteiger partial charge in [-0.25, -0.2) is 9.78 Å². The minimum absolute atomic E-state index is 0.0813. The molecule has 2 fully saturated rings. The van der Waals surface area contributed by atoms with Crippen LogP contribution in [0.25, 0.3) is 0 Å². The Morgan fingerprint density at radius 2 is 2.13 bits per heavy atom. The smallest absolute Gasteiger partial charge is 0.317 e. The van der Waals surface area contributed by atoms with Crippen LogP contribution in [-0.4, -0.2) is 53.3 Å². The van der Waals surface area contributed by atoms with Crippen LogP contribution in [-0.2, 0) is 17.7 Å². The SMILES string of the molecule is CCc1nccn1CCCNC(=O)N1CC2CCC(C1)C2OC. The number of carbonyl (C=O) groups is 1. The van der Waals surface area contributed by atoms with Crippen molar-refractivity contribution in [2.75, 3.05) is 26.7 Å². The van der Waals surface area contributed by atoms with Gasteiger partial charge in [0.25, 0.3) is 0 Å². The second kappa shape index (κ2) is 7.34. The summed E-state index contributed by atoms with van der Waals surface area (Å²) in [4.78, 5) is 18.6.